The molecule has 1 aromatic rings. The second-order valence-corrected chi connectivity index (χ2v) is 5.18. The van der Waals surface area contributed by atoms with Gasteiger partial charge in [-0.05, 0) is 57.9 Å². The van der Waals surface area contributed by atoms with Crippen LogP contribution in [0.1, 0.15) is 57.8 Å². The van der Waals surface area contributed by atoms with E-state index in [1.54, 1.807) is 0 Å². The van der Waals surface area contributed by atoms with E-state index in [2.05, 4.69) is 27.7 Å². The monoisotopic (exact) mass is 277 g/mol. The summed E-state index contributed by atoms with van der Waals surface area (Å²) < 4.78 is 5.41. The van der Waals surface area contributed by atoms with Crippen molar-refractivity contribution in [1.29, 1.82) is 0 Å². The molecule has 0 fully saturated rings. The molecule has 2 atom stereocenters. The van der Waals surface area contributed by atoms with Gasteiger partial charge in [0.1, 0.15) is 5.75 Å². The van der Waals surface area contributed by atoms with Crippen molar-refractivity contribution < 1.29 is 9.53 Å². The van der Waals surface area contributed by atoms with Gasteiger partial charge in [0.2, 0.25) is 0 Å². The third-order valence-corrected chi connectivity index (χ3v) is 3.78. The van der Waals surface area contributed by atoms with E-state index in [-0.39, 0.29) is 18.0 Å². The van der Waals surface area contributed by atoms with Crippen LogP contribution in [0.2, 0.25) is 0 Å². The maximum Gasteiger partial charge on any atom is 0.254 e. The molecular formula is C17H27NO2. The van der Waals surface area contributed by atoms with Crippen LogP contribution in [0.15, 0.2) is 24.3 Å². The molecule has 3 nitrogen and oxygen atoms in total. The van der Waals surface area contributed by atoms with E-state index >= 15 is 0 Å². The van der Waals surface area contributed by atoms with Gasteiger partial charge in [-0.3, -0.25) is 4.79 Å². The Labute approximate surface area is 122 Å². The summed E-state index contributed by atoms with van der Waals surface area (Å²) >= 11 is 0. The van der Waals surface area contributed by atoms with Gasteiger partial charge in [0, 0.05) is 17.6 Å². The third kappa shape index (κ3) is 3.99. The zero-order valence-electron chi connectivity index (χ0n) is 13.3. The average Bonchev–Trinajstić information content (AvgIpc) is 2.47. The highest BCUT2D eigenvalue weighted by Gasteiger charge is 2.24. The Morgan fingerprint density at radius 2 is 1.55 bits per heavy atom. The highest BCUT2D eigenvalue weighted by Crippen LogP contribution is 2.19. The van der Waals surface area contributed by atoms with Crippen molar-refractivity contribution in [2.24, 2.45) is 0 Å². The largest absolute Gasteiger partial charge is 0.494 e. The summed E-state index contributed by atoms with van der Waals surface area (Å²) in [5.74, 6) is 0.916. The van der Waals surface area contributed by atoms with Gasteiger partial charge in [-0.15, -0.1) is 0 Å². The number of carbonyl (C=O) groups is 1. The van der Waals surface area contributed by atoms with Gasteiger partial charge in [0.05, 0.1) is 6.61 Å². The van der Waals surface area contributed by atoms with Crippen molar-refractivity contribution in [2.45, 2.75) is 59.5 Å². The number of ether oxygens (including phenoxy) is 1. The Morgan fingerprint density at radius 3 is 1.95 bits per heavy atom. The minimum atomic E-state index is 0.108. The summed E-state index contributed by atoms with van der Waals surface area (Å²) in [4.78, 5) is 14.7. The van der Waals surface area contributed by atoms with Crippen LogP contribution in [0.4, 0.5) is 0 Å². The van der Waals surface area contributed by atoms with Gasteiger partial charge < -0.3 is 9.64 Å². The molecule has 0 aliphatic carbocycles. The molecule has 0 aliphatic rings. The van der Waals surface area contributed by atoms with Crippen LogP contribution in [0, 0.1) is 0 Å². The SMILES string of the molecule is CCOc1ccc(C(=O)N([C@H](C)CC)[C@H](C)CC)cc1. The lowest BCUT2D eigenvalue weighted by atomic mass is 10.1. The van der Waals surface area contributed by atoms with Gasteiger partial charge >= 0.3 is 0 Å². The van der Waals surface area contributed by atoms with Crippen LogP contribution >= 0.6 is 0 Å². The average molecular weight is 277 g/mol. The van der Waals surface area contributed by atoms with E-state index in [0.717, 1.165) is 24.2 Å². The first-order valence-corrected chi connectivity index (χ1v) is 7.60. The minimum absolute atomic E-state index is 0.108. The first kappa shape index (κ1) is 16.5. The van der Waals surface area contributed by atoms with Gasteiger partial charge in [-0.2, -0.15) is 0 Å². The molecule has 0 saturated heterocycles. The molecule has 0 aromatic heterocycles. The number of amides is 1. The van der Waals surface area contributed by atoms with Crippen LogP contribution in [-0.4, -0.2) is 29.5 Å². The van der Waals surface area contributed by atoms with Gasteiger partial charge in [-0.25, -0.2) is 0 Å². The molecular weight excluding hydrogens is 250 g/mol. The van der Waals surface area contributed by atoms with Gasteiger partial charge in [-0.1, -0.05) is 13.8 Å². The van der Waals surface area contributed by atoms with Crippen LogP contribution in [0.5, 0.6) is 5.75 Å². The fraction of sp³-hybridized carbons (Fsp3) is 0.588. The zero-order valence-corrected chi connectivity index (χ0v) is 13.3. The first-order valence-electron chi connectivity index (χ1n) is 7.60. The third-order valence-electron chi connectivity index (χ3n) is 3.78. The number of hydrogen-bond acceptors (Lipinski definition) is 2. The zero-order chi connectivity index (χ0) is 15.1. The predicted molar refractivity (Wildman–Crippen MR) is 83.3 cm³/mol. The van der Waals surface area contributed by atoms with Crippen molar-refractivity contribution in [3.8, 4) is 5.75 Å². The molecule has 0 heterocycles. The summed E-state index contributed by atoms with van der Waals surface area (Å²) in [6.07, 6.45) is 1.93. The van der Waals surface area contributed by atoms with Gasteiger partial charge in [0.15, 0.2) is 0 Å². The molecule has 3 heteroatoms. The van der Waals surface area contributed by atoms with Crippen molar-refractivity contribution in [3.05, 3.63) is 29.8 Å². The number of benzene rings is 1. The van der Waals surface area contributed by atoms with Gasteiger partial charge in [0.25, 0.3) is 5.91 Å². The summed E-state index contributed by atoms with van der Waals surface area (Å²) in [6.45, 7) is 11.0. The summed E-state index contributed by atoms with van der Waals surface area (Å²) in [6, 6.07) is 7.94. The lowest BCUT2D eigenvalue weighted by molar-refractivity contribution is 0.0598. The van der Waals surface area contributed by atoms with Crippen LogP contribution < -0.4 is 4.74 Å². The first-order chi connectivity index (χ1) is 9.54. The second kappa shape index (κ2) is 7.93. The topological polar surface area (TPSA) is 29.5 Å². The number of rotatable bonds is 7. The van der Waals surface area contributed by atoms with E-state index < -0.39 is 0 Å². The fourth-order valence-corrected chi connectivity index (χ4v) is 2.24. The van der Waals surface area contributed by atoms with Crippen LogP contribution in [0.25, 0.3) is 0 Å². The standard InChI is InChI=1S/C17H27NO2/c1-6-13(4)18(14(5)7-2)17(19)15-9-11-16(12-10-15)20-8-3/h9-14H,6-8H2,1-5H3/t13-,14-/m1/s1. The Hall–Kier alpha value is -1.51. The second-order valence-electron chi connectivity index (χ2n) is 5.18. The van der Waals surface area contributed by atoms with Crippen LogP contribution in [-0.2, 0) is 0 Å². The fourth-order valence-electron chi connectivity index (χ4n) is 2.24. The molecule has 20 heavy (non-hydrogen) atoms. The van der Waals surface area contributed by atoms with E-state index in [9.17, 15) is 4.79 Å². The molecule has 0 saturated carbocycles. The van der Waals surface area contributed by atoms with E-state index in [1.807, 2.05) is 36.1 Å². The molecule has 112 valence electrons. The molecule has 0 N–H and O–H groups in total. The number of carbonyl (C=O) groups excluding carboxylic acids is 1. The lowest BCUT2D eigenvalue weighted by Crippen LogP contribution is -2.44. The molecule has 1 rings (SSSR count). The number of nitrogens with zero attached hydrogens (tertiary/aromatic N) is 1. The summed E-state index contributed by atoms with van der Waals surface area (Å²) in [5.41, 5.74) is 0.731. The Kier molecular flexibility index (Phi) is 6.56. The van der Waals surface area contributed by atoms with Crippen molar-refractivity contribution in [1.82, 2.24) is 4.90 Å². The predicted octanol–water partition coefficient (Wildman–Crippen LogP) is 4.12. The quantitative estimate of drug-likeness (QED) is 0.750. The maximum absolute atomic E-state index is 12.7. The normalized spacial score (nSPS) is 13.7. The Balaban J connectivity index is 2.93. The summed E-state index contributed by atoms with van der Waals surface area (Å²) in [5, 5.41) is 0. The Bertz CT molecular complexity index is 404. The van der Waals surface area contributed by atoms with Crippen molar-refractivity contribution in [3.63, 3.8) is 0 Å². The van der Waals surface area contributed by atoms with E-state index in [4.69, 9.17) is 4.74 Å². The lowest BCUT2D eigenvalue weighted by Gasteiger charge is -2.34. The van der Waals surface area contributed by atoms with E-state index in [1.165, 1.54) is 0 Å². The highest BCUT2D eigenvalue weighted by atomic mass is 16.5. The molecule has 1 aromatic carbocycles. The molecule has 0 bridgehead atoms. The Morgan fingerprint density at radius 1 is 1.05 bits per heavy atom. The maximum atomic E-state index is 12.7. The molecule has 0 unspecified atom stereocenters. The molecule has 0 spiro atoms. The summed E-state index contributed by atoms with van der Waals surface area (Å²) in [7, 11) is 0. The number of hydrogen-bond donors (Lipinski definition) is 0. The molecule has 0 radical (unpaired) electrons. The highest BCUT2D eigenvalue weighted by molar-refractivity contribution is 5.94. The smallest absolute Gasteiger partial charge is 0.254 e. The molecule has 1 amide bonds. The van der Waals surface area contributed by atoms with E-state index in [0.29, 0.717) is 6.61 Å². The van der Waals surface area contributed by atoms with Crippen LogP contribution in [0.3, 0.4) is 0 Å². The minimum Gasteiger partial charge on any atom is -0.494 e. The molecule has 0 aliphatic heterocycles. The van der Waals surface area contributed by atoms with Crippen molar-refractivity contribution >= 4 is 5.91 Å². The van der Waals surface area contributed by atoms with Crippen molar-refractivity contribution in [2.75, 3.05) is 6.61 Å².